The second-order valence-corrected chi connectivity index (χ2v) is 5.93. The van der Waals surface area contributed by atoms with Gasteiger partial charge in [-0.05, 0) is 24.6 Å². The predicted molar refractivity (Wildman–Crippen MR) is 73.5 cm³/mol. The standard InChI is InChI=1S/C13H16F4N2OS/c1-9-6-10(14)11(18-2-4-19(20)5-3-18)7-12(9)21-8-13(15,16)17/h6-7,20H,2-5,8H2,1H3. The molecule has 1 aliphatic heterocycles. The molecule has 0 unspecified atom stereocenters. The van der Waals surface area contributed by atoms with Crippen molar-refractivity contribution in [3.05, 3.63) is 23.5 Å². The molecule has 1 heterocycles. The summed E-state index contributed by atoms with van der Waals surface area (Å²) in [5.41, 5.74) is 0.782. The minimum absolute atomic E-state index is 0.290. The summed E-state index contributed by atoms with van der Waals surface area (Å²) >= 11 is 0.663. The number of hydrogen-bond donors (Lipinski definition) is 1. The summed E-state index contributed by atoms with van der Waals surface area (Å²) in [5, 5.41) is 10.4. The van der Waals surface area contributed by atoms with Gasteiger partial charge in [0, 0.05) is 31.1 Å². The van der Waals surface area contributed by atoms with Gasteiger partial charge in [0.1, 0.15) is 5.82 Å². The van der Waals surface area contributed by atoms with Gasteiger partial charge in [0.25, 0.3) is 0 Å². The summed E-state index contributed by atoms with van der Waals surface area (Å²) in [6, 6.07) is 2.73. The Bertz CT molecular complexity index is 502. The van der Waals surface area contributed by atoms with Crippen LogP contribution in [0.1, 0.15) is 5.56 Å². The third-order valence-electron chi connectivity index (χ3n) is 3.23. The molecule has 0 saturated carbocycles. The first kappa shape index (κ1) is 16.4. The van der Waals surface area contributed by atoms with E-state index in [-0.39, 0.29) is 0 Å². The molecule has 1 fully saturated rings. The molecule has 1 saturated heterocycles. The SMILES string of the molecule is Cc1cc(F)c(N2CCN(O)CC2)cc1SCC(F)(F)F. The van der Waals surface area contributed by atoms with Crippen LogP contribution in [0, 0.1) is 12.7 Å². The number of rotatable bonds is 3. The Labute approximate surface area is 124 Å². The van der Waals surface area contributed by atoms with Crippen molar-refractivity contribution in [3.8, 4) is 0 Å². The van der Waals surface area contributed by atoms with Crippen LogP contribution in [0.15, 0.2) is 17.0 Å². The highest BCUT2D eigenvalue weighted by Gasteiger charge is 2.28. The molecule has 0 bridgehead atoms. The lowest BCUT2D eigenvalue weighted by Crippen LogP contribution is -2.45. The molecule has 2 rings (SSSR count). The summed E-state index contributed by atoms with van der Waals surface area (Å²) in [4.78, 5) is 2.16. The van der Waals surface area contributed by atoms with E-state index in [1.165, 1.54) is 12.1 Å². The van der Waals surface area contributed by atoms with Crippen LogP contribution in [-0.2, 0) is 0 Å². The van der Waals surface area contributed by atoms with Crippen LogP contribution in [0.3, 0.4) is 0 Å². The summed E-state index contributed by atoms with van der Waals surface area (Å²) in [7, 11) is 0. The van der Waals surface area contributed by atoms with E-state index in [1.807, 2.05) is 0 Å². The molecule has 1 aliphatic rings. The Morgan fingerprint density at radius 1 is 1.19 bits per heavy atom. The number of anilines is 1. The van der Waals surface area contributed by atoms with Crippen LogP contribution in [0.5, 0.6) is 0 Å². The lowest BCUT2D eigenvalue weighted by atomic mass is 10.2. The van der Waals surface area contributed by atoms with Crippen LogP contribution >= 0.6 is 11.8 Å². The third kappa shape index (κ3) is 4.49. The van der Waals surface area contributed by atoms with Gasteiger partial charge in [-0.15, -0.1) is 11.8 Å². The molecule has 0 spiro atoms. The molecule has 118 valence electrons. The van der Waals surface area contributed by atoms with Crippen LogP contribution in [-0.4, -0.2) is 48.4 Å². The fourth-order valence-electron chi connectivity index (χ4n) is 2.14. The Hall–Kier alpha value is -0.990. The Balaban J connectivity index is 2.18. The molecule has 0 amide bonds. The number of benzene rings is 1. The van der Waals surface area contributed by atoms with E-state index in [2.05, 4.69) is 0 Å². The largest absolute Gasteiger partial charge is 0.398 e. The highest BCUT2D eigenvalue weighted by Crippen LogP contribution is 2.33. The van der Waals surface area contributed by atoms with Gasteiger partial charge in [-0.25, -0.2) is 4.39 Å². The summed E-state index contributed by atoms with van der Waals surface area (Å²) in [6.45, 7) is 3.20. The summed E-state index contributed by atoms with van der Waals surface area (Å²) in [6.07, 6.45) is -4.26. The molecular formula is C13H16F4N2OS. The number of aryl methyl sites for hydroxylation is 1. The first-order valence-corrected chi connectivity index (χ1v) is 7.43. The zero-order valence-corrected chi connectivity index (χ0v) is 12.3. The van der Waals surface area contributed by atoms with Gasteiger partial charge >= 0.3 is 6.18 Å². The van der Waals surface area contributed by atoms with Crippen LogP contribution in [0.2, 0.25) is 0 Å². The first-order valence-electron chi connectivity index (χ1n) is 6.45. The number of piperazine rings is 1. The van der Waals surface area contributed by atoms with E-state index in [9.17, 15) is 22.8 Å². The van der Waals surface area contributed by atoms with E-state index in [0.717, 1.165) is 5.06 Å². The summed E-state index contributed by atoms with van der Waals surface area (Å²) < 4.78 is 51.0. The van der Waals surface area contributed by atoms with Crippen molar-refractivity contribution in [1.82, 2.24) is 5.06 Å². The van der Waals surface area contributed by atoms with E-state index >= 15 is 0 Å². The van der Waals surface area contributed by atoms with Gasteiger partial charge in [0.15, 0.2) is 0 Å². The van der Waals surface area contributed by atoms with E-state index in [4.69, 9.17) is 0 Å². The Morgan fingerprint density at radius 3 is 2.38 bits per heavy atom. The second kappa shape index (κ2) is 6.41. The molecular weight excluding hydrogens is 308 g/mol. The van der Waals surface area contributed by atoms with Crippen molar-refractivity contribution in [2.45, 2.75) is 18.0 Å². The smallest absolute Gasteiger partial charge is 0.366 e. The molecule has 1 N–H and O–H groups in total. The predicted octanol–water partition coefficient (Wildman–Crippen LogP) is 3.30. The quantitative estimate of drug-likeness (QED) is 0.682. The highest BCUT2D eigenvalue weighted by atomic mass is 32.2. The van der Waals surface area contributed by atoms with Crippen LogP contribution < -0.4 is 4.90 Å². The van der Waals surface area contributed by atoms with Crippen molar-refractivity contribution in [1.29, 1.82) is 0 Å². The number of hydroxylamine groups is 2. The van der Waals surface area contributed by atoms with E-state index in [0.29, 0.717) is 54.1 Å². The molecule has 0 atom stereocenters. The number of alkyl halides is 3. The fourth-order valence-corrected chi connectivity index (χ4v) is 2.94. The van der Waals surface area contributed by atoms with Crippen molar-refractivity contribution >= 4 is 17.4 Å². The zero-order valence-electron chi connectivity index (χ0n) is 11.5. The molecule has 8 heteroatoms. The summed E-state index contributed by atoms with van der Waals surface area (Å²) in [5.74, 6) is -1.45. The zero-order chi connectivity index (χ0) is 15.6. The highest BCUT2D eigenvalue weighted by molar-refractivity contribution is 7.99. The number of halogens is 4. The number of nitrogens with zero attached hydrogens (tertiary/aromatic N) is 2. The van der Waals surface area contributed by atoms with Gasteiger partial charge in [0.2, 0.25) is 0 Å². The average molecular weight is 324 g/mol. The van der Waals surface area contributed by atoms with Gasteiger partial charge < -0.3 is 10.1 Å². The van der Waals surface area contributed by atoms with Gasteiger partial charge in [0.05, 0.1) is 11.4 Å². The Morgan fingerprint density at radius 2 is 1.81 bits per heavy atom. The van der Waals surface area contributed by atoms with Crippen molar-refractivity contribution < 1.29 is 22.8 Å². The van der Waals surface area contributed by atoms with Gasteiger partial charge in [-0.2, -0.15) is 18.2 Å². The van der Waals surface area contributed by atoms with E-state index < -0.39 is 17.7 Å². The first-order chi connectivity index (χ1) is 9.76. The van der Waals surface area contributed by atoms with Crippen molar-refractivity contribution in [2.24, 2.45) is 0 Å². The fraction of sp³-hybridized carbons (Fsp3) is 0.538. The maximum absolute atomic E-state index is 14.0. The van der Waals surface area contributed by atoms with Crippen molar-refractivity contribution in [3.63, 3.8) is 0 Å². The maximum Gasteiger partial charge on any atom is 0.398 e. The molecule has 0 aliphatic carbocycles. The number of thioether (sulfide) groups is 1. The Kier molecular flexibility index (Phi) is 5.00. The maximum atomic E-state index is 14.0. The van der Waals surface area contributed by atoms with Crippen molar-refractivity contribution in [2.75, 3.05) is 36.8 Å². The number of hydrogen-bond acceptors (Lipinski definition) is 4. The molecule has 21 heavy (non-hydrogen) atoms. The average Bonchev–Trinajstić information content (AvgIpc) is 2.38. The second-order valence-electron chi connectivity index (χ2n) is 4.91. The lowest BCUT2D eigenvalue weighted by molar-refractivity contribution is -0.105. The van der Waals surface area contributed by atoms with Crippen LogP contribution in [0.25, 0.3) is 0 Å². The molecule has 0 radical (unpaired) electrons. The normalized spacial score (nSPS) is 17.3. The minimum Gasteiger partial charge on any atom is -0.366 e. The molecule has 3 nitrogen and oxygen atoms in total. The van der Waals surface area contributed by atoms with Crippen LogP contribution in [0.4, 0.5) is 23.2 Å². The topological polar surface area (TPSA) is 26.7 Å². The molecule has 1 aromatic rings. The van der Waals surface area contributed by atoms with Gasteiger partial charge in [-0.3, -0.25) is 0 Å². The minimum atomic E-state index is -4.26. The van der Waals surface area contributed by atoms with Gasteiger partial charge in [-0.1, -0.05) is 0 Å². The lowest BCUT2D eigenvalue weighted by Gasteiger charge is -2.33. The molecule has 0 aromatic heterocycles. The molecule has 1 aromatic carbocycles. The monoisotopic (exact) mass is 324 g/mol. The van der Waals surface area contributed by atoms with E-state index in [1.54, 1.807) is 11.8 Å². The third-order valence-corrected chi connectivity index (χ3v) is 4.45.